The normalized spacial score (nSPS) is 11.6. The minimum Gasteiger partial charge on any atom is -0.491 e. The molecule has 4 nitrogen and oxygen atoms in total. The van der Waals surface area contributed by atoms with Crippen molar-refractivity contribution in [3.63, 3.8) is 0 Å². The van der Waals surface area contributed by atoms with Crippen LogP contribution in [0, 0.1) is 0 Å². The van der Waals surface area contributed by atoms with Crippen molar-refractivity contribution in [1.29, 1.82) is 0 Å². The van der Waals surface area contributed by atoms with Crippen molar-refractivity contribution < 1.29 is 9.47 Å². The molecule has 0 unspecified atom stereocenters. The van der Waals surface area contributed by atoms with Crippen LogP contribution in [0.4, 0.5) is 0 Å². The van der Waals surface area contributed by atoms with Crippen LogP contribution < -0.4 is 10.5 Å². The van der Waals surface area contributed by atoms with Gasteiger partial charge < -0.3 is 15.2 Å². The Hall–Kier alpha value is -1.10. The number of nitrogens with zero attached hydrogens (tertiary/aromatic N) is 1. The zero-order chi connectivity index (χ0) is 15.7. The number of benzene rings is 1. The number of nitrogens with two attached hydrogens (primary N) is 1. The van der Waals surface area contributed by atoms with Crippen molar-refractivity contribution in [1.82, 2.24) is 4.90 Å². The summed E-state index contributed by atoms with van der Waals surface area (Å²) in [7, 11) is 0. The molecule has 1 aromatic carbocycles. The highest BCUT2D eigenvalue weighted by Gasteiger charge is 2.12. The topological polar surface area (TPSA) is 47.7 Å². The van der Waals surface area contributed by atoms with Crippen molar-refractivity contribution in [2.75, 3.05) is 26.4 Å². The molecule has 0 atom stereocenters. The van der Waals surface area contributed by atoms with Gasteiger partial charge in [-0.25, -0.2) is 0 Å². The van der Waals surface area contributed by atoms with Crippen molar-refractivity contribution in [2.24, 2.45) is 5.73 Å². The van der Waals surface area contributed by atoms with E-state index in [0.29, 0.717) is 31.8 Å². The lowest BCUT2D eigenvalue weighted by Gasteiger charge is -2.30. The molecule has 0 heterocycles. The van der Waals surface area contributed by atoms with Crippen molar-refractivity contribution in [2.45, 2.75) is 46.3 Å². The molecular weight excluding hydrogens is 264 g/mol. The minimum absolute atomic E-state index is 0.547. The van der Waals surface area contributed by atoms with E-state index in [-0.39, 0.29) is 0 Å². The van der Waals surface area contributed by atoms with Crippen molar-refractivity contribution in [3.05, 3.63) is 29.8 Å². The van der Waals surface area contributed by atoms with Gasteiger partial charge in [-0.2, -0.15) is 0 Å². The maximum Gasteiger partial charge on any atom is 0.119 e. The Kier molecular flexibility index (Phi) is 8.35. The number of ether oxygens (including phenoxy) is 2. The van der Waals surface area contributed by atoms with Gasteiger partial charge in [0.25, 0.3) is 0 Å². The second-order valence-electron chi connectivity index (χ2n) is 5.73. The quantitative estimate of drug-likeness (QED) is 0.674. The van der Waals surface area contributed by atoms with Gasteiger partial charge in [0.05, 0.1) is 13.2 Å². The summed E-state index contributed by atoms with van der Waals surface area (Å²) in [6, 6.07) is 8.96. The molecule has 1 aromatic rings. The summed E-state index contributed by atoms with van der Waals surface area (Å²) < 4.78 is 11.3. The van der Waals surface area contributed by atoms with E-state index in [2.05, 4.69) is 32.6 Å². The summed E-state index contributed by atoms with van der Waals surface area (Å²) >= 11 is 0. The van der Waals surface area contributed by atoms with E-state index in [1.807, 2.05) is 24.3 Å². The number of rotatable bonds is 10. The fourth-order valence-electron chi connectivity index (χ4n) is 2.32. The van der Waals surface area contributed by atoms with Gasteiger partial charge in [-0.05, 0) is 45.4 Å². The molecule has 1 rings (SSSR count). The van der Waals surface area contributed by atoms with Crippen LogP contribution in [-0.4, -0.2) is 43.3 Å². The first-order chi connectivity index (χ1) is 10.0. The van der Waals surface area contributed by atoms with Crippen LogP contribution >= 0.6 is 0 Å². The van der Waals surface area contributed by atoms with E-state index >= 15 is 0 Å². The average molecular weight is 294 g/mol. The molecular formula is C17H30N2O2. The maximum atomic E-state index is 5.64. The lowest BCUT2D eigenvalue weighted by atomic mass is 10.2. The lowest BCUT2D eigenvalue weighted by molar-refractivity contribution is 0.0621. The fourth-order valence-corrected chi connectivity index (χ4v) is 2.32. The Morgan fingerprint density at radius 1 is 0.952 bits per heavy atom. The molecule has 21 heavy (non-hydrogen) atoms. The van der Waals surface area contributed by atoms with Gasteiger partial charge in [0, 0.05) is 25.2 Å². The lowest BCUT2D eigenvalue weighted by Crippen LogP contribution is -2.39. The van der Waals surface area contributed by atoms with Crippen LogP contribution in [0.5, 0.6) is 5.75 Å². The molecule has 4 heteroatoms. The highest BCUT2D eigenvalue weighted by molar-refractivity contribution is 5.26. The van der Waals surface area contributed by atoms with Crippen LogP contribution in [0.1, 0.15) is 33.3 Å². The molecule has 0 fully saturated rings. The predicted octanol–water partition coefficient (Wildman–Crippen LogP) is 2.66. The second kappa shape index (κ2) is 9.77. The molecule has 0 spiro atoms. The third-order valence-electron chi connectivity index (χ3n) is 3.48. The molecule has 0 radical (unpaired) electrons. The monoisotopic (exact) mass is 294 g/mol. The summed E-state index contributed by atoms with van der Waals surface area (Å²) in [6.07, 6.45) is 0. The molecule has 0 bridgehead atoms. The largest absolute Gasteiger partial charge is 0.491 e. The Bertz CT molecular complexity index is 369. The Morgan fingerprint density at radius 2 is 1.57 bits per heavy atom. The SMILES string of the molecule is CC(C)N(CCOCCOc1ccc(CN)cc1)C(C)C. The van der Waals surface area contributed by atoms with Gasteiger partial charge in [0.15, 0.2) is 0 Å². The van der Waals surface area contributed by atoms with Crippen LogP contribution in [0.25, 0.3) is 0 Å². The van der Waals surface area contributed by atoms with E-state index < -0.39 is 0 Å². The number of hydrogen-bond donors (Lipinski definition) is 1. The first-order valence-electron chi connectivity index (χ1n) is 7.80. The van der Waals surface area contributed by atoms with Gasteiger partial charge in [-0.3, -0.25) is 4.90 Å². The molecule has 0 amide bonds. The van der Waals surface area contributed by atoms with E-state index in [0.717, 1.165) is 24.5 Å². The van der Waals surface area contributed by atoms with Gasteiger partial charge in [-0.1, -0.05) is 12.1 Å². The highest BCUT2D eigenvalue weighted by Crippen LogP contribution is 2.11. The van der Waals surface area contributed by atoms with E-state index in [9.17, 15) is 0 Å². The average Bonchev–Trinajstić information content (AvgIpc) is 2.46. The number of hydrogen-bond acceptors (Lipinski definition) is 4. The highest BCUT2D eigenvalue weighted by atomic mass is 16.5. The zero-order valence-corrected chi connectivity index (χ0v) is 13.8. The zero-order valence-electron chi connectivity index (χ0n) is 13.8. The van der Waals surface area contributed by atoms with Crippen LogP contribution in [0.3, 0.4) is 0 Å². The maximum absolute atomic E-state index is 5.64. The summed E-state index contributed by atoms with van der Waals surface area (Å²) in [5.74, 6) is 0.863. The van der Waals surface area contributed by atoms with Gasteiger partial charge in [0.1, 0.15) is 12.4 Å². The Labute approximate surface area is 129 Å². The summed E-state index contributed by atoms with van der Waals surface area (Å²) in [5, 5.41) is 0. The van der Waals surface area contributed by atoms with E-state index in [1.165, 1.54) is 0 Å². The summed E-state index contributed by atoms with van der Waals surface area (Å²) in [6.45, 7) is 12.3. The minimum atomic E-state index is 0.547. The second-order valence-corrected chi connectivity index (χ2v) is 5.73. The third-order valence-corrected chi connectivity index (χ3v) is 3.48. The smallest absolute Gasteiger partial charge is 0.119 e. The first-order valence-corrected chi connectivity index (χ1v) is 7.80. The van der Waals surface area contributed by atoms with Crippen LogP contribution in [0.15, 0.2) is 24.3 Å². The molecule has 0 aromatic heterocycles. The van der Waals surface area contributed by atoms with Crippen molar-refractivity contribution in [3.8, 4) is 5.75 Å². The summed E-state index contributed by atoms with van der Waals surface area (Å²) in [5.41, 5.74) is 6.67. The standard InChI is InChI=1S/C17H30N2O2/c1-14(2)19(15(3)4)9-10-20-11-12-21-17-7-5-16(13-18)6-8-17/h5-8,14-15H,9-13,18H2,1-4H3. The fraction of sp³-hybridized carbons (Fsp3) is 0.647. The Morgan fingerprint density at radius 3 is 2.10 bits per heavy atom. The van der Waals surface area contributed by atoms with Crippen LogP contribution in [0.2, 0.25) is 0 Å². The first kappa shape index (κ1) is 18.0. The molecule has 0 saturated heterocycles. The molecule has 0 saturated carbocycles. The summed E-state index contributed by atoms with van der Waals surface area (Å²) in [4.78, 5) is 2.42. The molecule has 0 aliphatic heterocycles. The molecule has 0 aliphatic carbocycles. The van der Waals surface area contributed by atoms with Gasteiger partial charge >= 0.3 is 0 Å². The van der Waals surface area contributed by atoms with Gasteiger partial charge in [0.2, 0.25) is 0 Å². The molecule has 120 valence electrons. The molecule has 2 N–H and O–H groups in total. The van der Waals surface area contributed by atoms with Crippen molar-refractivity contribution >= 4 is 0 Å². The van der Waals surface area contributed by atoms with Crippen LogP contribution in [-0.2, 0) is 11.3 Å². The van der Waals surface area contributed by atoms with Gasteiger partial charge in [-0.15, -0.1) is 0 Å². The molecule has 0 aliphatic rings. The van der Waals surface area contributed by atoms with E-state index in [4.69, 9.17) is 15.2 Å². The van der Waals surface area contributed by atoms with E-state index in [1.54, 1.807) is 0 Å². The predicted molar refractivity (Wildman–Crippen MR) is 87.6 cm³/mol. The third kappa shape index (κ3) is 6.93. The Balaban J connectivity index is 2.13.